The molecule has 0 aliphatic rings. The summed E-state index contributed by atoms with van der Waals surface area (Å²) in [7, 11) is 0. The van der Waals surface area contributed by atoms with Gasteiger partial charge in [0.2, 0.25) is 0 Å². The third-order valence-corrected chi connectivity index (χ3v) is 2.24. The fourth-order valence-electron chi connectivity index (χ4n) is 1.37. The van der Waals surface area contributed by atoms with Gasteiger partial charge in [0.05, 0.1) is 6.61 Å². The number of aromatic hydroxyl groups is 1. The fraction of sp³-hybridized carbons (Fsp3) is 0.500. The van der Waals surface area contributed by atoms with Crippen molar-refractivity contribution in [2.24, 2.45) is 0 Å². The van der Waals surface area contributed by atoms with Gasteiger partial charge in [-0.1, -0.05) is 19.8 Å². The van der Waals surface area contributed by atoms with Gasteiger partial charge in [0.15, 0.2) is 5.56 Å². The third-order valence-electron chi connectivity index (χ3n) is 2.24. The standard InChI is InChI=1S/C12H16O5/c1-3-4-5-6-16-11(14)10-9(13)7-8(2)17-12(10)15/h7,13H,3-6H2,1-2H3. The molecule has 0 fully saturated rings. The van der Waals surface area contributed by atoms with Gasteiger partial charge >= 0.3 is 11.6 Å². The van der Waals surface area contributed by atoms with Crippen LogP contribution in [0.15, 0.2) is 15.3 Å². The highest BCUT2D eigenvalue weighted by Gasteiger charge is 2.19. The summed E-state index contributed by atoms with van der Waals surface area (Å²) in [6.07, 6.45) is 2.69. The van der Waals surface area contributed by atoms with Crippen LogP contribution in [-0.2, 0) is 4.74 Å². The van der Waals surface area contributed by atoms with Gasteiger partial charge in [0.25, 0.3) is 0 Å². The van der Waals surface area contributed by atoms with Crippen LogP contribution in [0.5, 0.6) is 5.75 Å². The van der Waals surface area contributed by atoms with Crippen LogP contribution in [0.3, 0.4) is 0 Å². The van der Waals surface area contributed by atoms with E-state index >= 15 is 0 Å². The Morgan fingerprint density at radius 1 is 1.47 bits per heavy atom. The second kappa shape index (κ2) is 6.08. The summed E-state index contributed by atoms with van der Waals surface area (Å²) in [6, 6.07) is 1.21. The van der Waals surface area contributed by atoms with Gasteiger partial charge in [-0.2, -0.15) is 0 Å². The summed E-state index contributed by atoms with van der Waals surface area (Å²) in [4.78, 5) is 22.9. The minimum absolute atomic E-state index is 0.236. The van der Waals surface area contributed by atoms with E-state index in [-0.39, 0.29) is 12.4 Å². The van der Waals surface area contributed by atoms with Crippen LogP contribution >= 0.6 is 0 Å². The van der Waals surface area contributed by atoms with Crippen molar-refractivity contribution in [2.75, 3.05) is 6.61 Å². The van der Waals surface area contributed by atoms with Crippen LogP contribution in [0.4, 0.5) is 0 Å². The molecule has 5 heteroatoms. The minimum atomic E-state index is -0.872. The minimum Gasteiger partial charge on any atom is -0.507 e. The molecule has 1 N–H and O–H groups in total. The van der Waals surface area contributed by atoms with Crippen molar-refractivity contribution in [2.45, 2.75) is 33.1 Å². The van der Waals surface area contributed by atoms with E-state index in [9.17, 15) is 14.7 Å². The molecule has 0 aliphatic carbocycles. The van der Waals surface area contributed by atoms with E-state index < -0.39 is 22.9 Å². The Hall–Kier alpha value is -1.78. The Balaban J connectivity index is 2.73. The molecule has 1 aromatic heterocycles. The molecule has 0 spiro atoms. The smallest absolute Gasteiger partial charge is 0.354 e. The maximum atomic E-state index is 11.5. The number of hydrogen-bond donors (Lipinski definition) is 1. The summed E-state index contributed by atoms with van der Waals surface area (Å²) >= 11 is 0. The van der Waals surface area contributed by atoms with Gasteiger partial charge in [0.1, 0.15) is 11.5 Å². The Morgan fingerprint density at radius 2 is 2.18 bits per heavy atom. The molecule has 1 aromatic rings. The zero-order valence-electron chi connectivity index (χ0n) is 9.99. The largest absolute Gasteiger partial charge is 0.507 e. The van der Waals surface area contributed by atoms with Crippen LogP contribution < -0.4 is 5.63 Å². The Morgan fingerprint density at radius 3 is 2.76 bits per heavy atom. The number of ether oxygens (including phenoxy) is 1. The van der Waals surface area contributed by atoms with Gasteiger partial charge in [-0.15, -0.1) is 0 Å². The molecule has 0 unspecified atom stereocenters. The zero-order chi connectivity index (χ0) is 12.8. The van der Waals surface area contributed by atoms with E-state index in [1.807, 2.05) is 6.92 Å². The molecule has 0 atom stereocenters. The molecule has 0 saturated carbocycles. The van der Waals surface area contributed by atoms with Gasteiger partial charge in [-0.3, -0.25) is 0 Å². The van der Waals surface area contributed by atoms with Crippen molar-refractivity contribution in [1.82, 2.24) is 0 Å². The molecule has 0 amide bonds. The van der Waals surface area contributed by atoms with Gasteiger partial charge < -0.3 is 14.3 Å². The monoisotopic (exact) mass is 240 g/mol. The summed E-state index contributed by atoms with van der Waals surface area (Å²) < 4.78 is 9.59. The fourth-order valence-corrected chi connectivity index (χ4v) is 1.37. The van der Waals surface area contributed by atoms with E-state index in [0.717, 1.165) is 19.3 Å². The topological polar surface area (TPSA) is 76.7 Å². The molecule has 0 radical (unpaired) electrons. The molecule has 0 bridgehead atoms. The Labute approximate surface area is 99.0 Å². The van der Waals surface area contributed by atoms with Crippen LogP contribution in [0.2, 0.25) is 0 Å². The number of aryl methyl sites for hydroxylation is 1. The highest BCUT2D eigenvalue weighted by atomic mass is 16.5. The summed E-state index contributed by atoms with van der Waals surface area (Å²) in [5, 5.41) is 9.48. The molecule has 1 rings (SSSR count). The van der Waals surface area contributed by atoms with Crippen LogP contribution in [0.1, 0.15) is 42.3 Å². The second-order valence-electron chi connectivity index (χ2n) is 3.75. The van der Waals surface area contributed by atoms with Gasteiger partial charge in [-0.05, 0) is 13.3 Å². The summed E-state index contributed by atoms with van der Waals surface area (Å²) in [5.74, 6) is -0.998. The predicted octanol–water partition coefficient (Wildman–Crippen LogP) is 2.00. The molecule has 1 heterocycles. The van der Waals surface area contributed by atoms with E-state index in [2.05, 4.69) is 0 Å². The van der Waals surface area contributed by atoms with Crippen molar-refractivity contribution in [3.63, 3.8) is 0 Å². The average molecular weight is 240 g/mol. The lowest BCUT2D eigenvalue weighted by atomic mass is 10.2. The van der Waals surface area contributed by atoms with Crippen LogP contribution in [-0.4, -0.2) is 17.7 Å². The number of unbranched alkanes of at least 4 members (excludes halogenated alkanes) is 2. The number of carbonyl (C=O) groups is 1. The Bertz CT molecular complexity index is 447. The molecule has 17 heavy (non-hydrogen) atoms. The SMILES string of the molecule is CCCCCOC(=O)c1c(O)cc(C)oc1=O. The quantitative estimate of drug-likeness (QED) is 0.629. The van der Waals surface area contributed by atoms with Crippen LogP contribution in [0, 0.1) is 6.92 Å². The molecular weight excluding hydrogens is 224 g/mol. The lowest BCUT2D eigenvalue weighted by Gasteiger charge is -2.05. The normalized spacial score (nSPS) is 10.2. The summed E-state index contributed by atoms with van der Waals surface area (Å²) in [6.45, 7) is 3.78. The predicted molar refractivity (Wildman–Crippen MR) is 61.2 cm³/mol. The lowest BCUT2D eigenvalue weighted by molar-refractivity contribution is 0.0489. The van der Waals surface area contributed by atoms with Gasteiger partial charge in [-0.25, -0.2) is 9.59 Å². The average Bonchev–Trinajstić information content (AvgIpc) is 2.23. The van der Waals surface area contributed by atoms with Crippen molar-refractivity contribution in [3.8, 4) is 5.75 Å². The second-order valence-corrected chi connectivity index (χ2v) is 3.75. The molecule has 0 aromatic carbocycles. The van der Waals surface area contributed by atoms with Crippen molar-refractivity contribution in [3.05, 3.63) is 27.8 Å². The highest BCUT2D eigenvalue weighted by molar-refractivity contribution is 5.91. The maximum absolute atomic E-state index is 11.5. The van der Waals surface area contributed by atoms with Crippen molar-refractivity contribution >= 4 is 5.97 Å². The lowest BCUT2D eigenvalue weighted by Crippen LogP contribution is -2.17. The van der Waals surface area contributed by atoms with Crippen LogP contribution in [0.25, 0.3) is 0 Å². The number of esters is 1. The summed E-state index contributed by atoms with van der Waals surface area (Å²) in [5.41, 5.74) is -1.31. The van der Waals surface area contributed by atoms with E-state index in [1.165, 1.54) is 13.0 Å². The van der Waals surface area contributed by atoms with Crippen molar-refractivity contribution in [1.29, 1.82) is 0 Å². The first kappa shape index (κ1) is 13.3. The van der Waals surface area contributed by atoms with E-state index in [4.69, 9.17) is 9.15 Å². The zero-order valence-corrected chi connectivity index (χ0v) is 9.99. The molecule has 0 aliphatic heterocycles. The van der Waals surface area contributed by atoms with E-state index in [0.29, 0.717) is 0 Å². The molecule has 5 nitrogen and oxygen atoms in total. The number of carbonyl (C=O) groups excluding carboxylic acids is 1. The highest BCUT2D eigenvalue weighted by Crippen LogP contribution is 2.15. The molecule has 0 saturated heterocycles. The molecular formula is C12H16O5. The number of rotatable bonds is 5. The first-order valence-electron chi connectivity index (χ1n) is 5.57. The third kappa shape index (κ3) is 3.62. The number of hydrogen-bond acceptors (Lipinski definition) is 5. The first-order chi connectivity index (χ1) is 8.06. The first-order valence-corrected chi connectivity index (χ1v) is 5.57. The maximum Gasteiger partial charge on any atom is 0.354 e. The van der Waals surface area contributed by atoms with E-state index in [1.54, 1.807) is 0 Å². The Kier molecular flexibility index (Phi) is 4.75. The van der Waals surface area contributed by atoms with Gasteiger partial charge in [0, 0.05) is 6.07 Å². The molecule has 94 valence electrons. The van der Waals surface area contributed by atoms with Crippen molar-refractivity contribution < 1.29 is 19.1 Å².